The van der Waals surface area contributed by atoms with Gasteiger partial charge >= 0.3 is 0 Å². The maximum atomic E-state index is 14.3. The summed E-state index contributed by atoms with van der Waals surface area (Å²) in [6, 6.07) is 9.01. The van der Waals surface area contributed by atoms with Crippen molar-refractivity contribution in [3.05, 3.63) is 65.5 Å². The summed E-state index contributed by atoms with van der Waals surface area (Å²) in [5.41, 5.74) is 3.88. The highest BCUT2D eigenvalue weighted by atomic mass is 19.1. The first-order valence-corrected chi connectivity index (χ1v) is 14.9. The van der Waals surface area contributed by atoms with Gasteiger partial charge in [0.1, 0.15) is 6.17 Å². The molecule has 2 bridgehead atoms. The maximum Gasteiger partial charge on any atom is 0.115 e. The average Bonchev–Trinajstić information content (AvgIpc) is 3.43. The molecule has 3 aliphatic carbocycles. The Balaban J connectivity index is 1.18. The van der Waals surface area contributed by atoms with Crippen molar-refractivity contribution in [1.29, 1.82) is 0 Å². The predicted molar refractivity (Wildman–Crippen MR) is 148 cm³/mol. The van der Waals surface area contributed by atoms with Gasteiger partial charge in [0.05, 0.1) is 17.7 Å². The van der Waals surface area contributed by atoms with Crippen LogP contribution in [0.5, 0.6) is 0 Å². The number of ether oxygens (including phenoxy) is 1. The number of aromatic nitrogens is 1. The van der Waals surface area contributed by atoms with Crippen LogP contribution in [0.1, 0.15) is 89.5 Å². The first-order chi connectivity index (χ1) is 18.4. The fraction of sp³-hybridized carbons (Fsp3) is 0.606. The molecule has 202 valence electrons. The van der Waals surface area contributed by atoms with Crippen LogP contribution in [0.25, 0.3) is 10.8 Å². The third-order valence-corrected chi connectivity index (χ3v) is 11.1. The summed E-state index contributed by atoms with van der Waals surface area (Å²) in [4.78, 5) is 4.37. The lowest BCUT2D eigenvalue weighted by molar-refractivity contribution is -0.182. The Hall–Kier alpha value is -2.08. The van der Waals surface area contributed by atoms with Crippen LogP contribution in [0, 0.1) is 11.3 Å². The van der Waals surface area contributed by atoms with E-state index in [1.807, 2.05) is 19.3 Å². The van der Waals surface area contributed by atoms with Crippen molar-refractivity contribution in [2.45, 2.75) is 107 Å². The van der Waals surface area contributed by atoms with Gasteiger partial charge in [0, 0.05) is 23.8 Å². The average molecular weight is 517 g/mol. The molecular weight excluding hydrogens is 475 g/mol. The topological polar surface area (TPSA) is 45.6 Å². The van der Waals surface area contributed by atoms with Crippen LogP contribution in [-0.4, -0.2) is 45.2 Å². The molecule has 3 heterocycles. The Morgan fingerprint density at radius 3 is 2.95 bits per heavy atom. The van der Waals surface area contributed by atoms with Gasteiger partial charge in [-0.2, -0.15) is 5.06 Å². The number of hydroxylamine groups is 2. The summed E-state index contributed by atoms with van der Waals surface area (Å²) in [5, 5.41) is 14.6. The molecule has 1 saturated heterocycles. The highest BCUT2D eigenvalue weighted by molar-refractivity contribution is 5.82. The standard InChI is InChI=1S/C33H41FN2O2/c1-3-4-27(34)21-36(37)28-8-7-25-18-26-11-13-31(2)29(23-6-5-22-12-16-35-20-24(22)17-23)9-10-30(31)33(26)15-14-32(25,19-28)38-33/h5-6,11-12,16-18,20,27-30,37H,3-4,7-10,13-15,19,21H2,1-2H3/t27-,28+,29+,30+,31+,32?,33+/m0/s1. The number of benzene rings is 1. The molecule has 5 aliphatic rings. The number of alkyl halides is 1. The molecule has 1 unspecified atom stereocenters. The van der Waals surface area contributed by atoms with E-state index in [1.54, 1.807) is 0 Å². The number of pyridine rings is 1. The Kier molecular flexibility index (Phi) is 5.88. The predicted octanol–water partition coefficient (Wildman–Crippen LogP) is 7.67. The normalized spacial score (nSPS) is 38.4. The van der Waals surface area contributed by atoms with Crippen LogP contribution in [0.4, 0.5) is 4.39 Å². The number of nitrogens with zero attached hydrogens (tertiary/aromatic N) is 2. The van der Waals surface area contributed by atoms with Gasteiger partial charge < -0.3 is 9.94 Å². The minimum Gasteiger partial charge on any atom is -0.359 e. The second kappa shape index (κ2) is 8.97. The minimum absolute atomic E-state index is 0.0413. The molecular formula is C33H41FN2O2. The van der Waals surface area contributed by atoms with E-state index in [1.165, 1.54) is 45.4 Å². The van der Waals surface area contributed by atoms with Gasteiger partial charge in [0.25, 0.3) is 0 Å². The van der Waals surface area contributed by atoms with Crippen molar-refractivity contribution in [1.82, 2.24) is 10.0 Å². The van der Waals surface area contributed by atoms with Crippen molar-refractivity contribution in [2.75, 3.05) is 6.54 Å². The molecule has 4 nitrogen and oxygen atoms in total. The summed E-state index contributed by atoms with van der Waals surface area (Å²) in [6.07, 6.45) is 17.2. The fourth-order valence-corrected chi connectivity index (χ4v) is 9.26. The van der Waals surface area contributed by atoms with Crippen LogP contribution in [0.3, 0.4) is 0 Å². The van der Waals surface area contributed by atoms with Crippen molar-refractivity contribution < 1.29 is 14.3 Å². The van der Waals surface area contributed by atoms with E-state index in [0.29, 0.717) is 18.3 Å². The highest BCUT2D eigenvalue weighted by Crippen LogP contribution is 2.69. The minimum atomic E-state index is -0.975. The Morgan fingerprint density at radius 2 is 2.08 bits per heavy atom. The van der Waals surface area contributed by atoms with Crippen LogP contribution >= 0.6 is 0 Å². The molecule has 2 aliphatic heterocycles. The van der Waals surface area contributed by atoms with Gasteiger partial charge in [-0.05, 0) is 109 Å². The molecule has 3 fully saturated rings. The van der Waals surface area contributed by atoms with Gasteiger partial charge in [0.2, 0.25) is 0 Å². The van der Waals surface area contributed by atoms with Gasteiger partial charge in [-0.15, -0.1) is 0 Å². The van der Waals surface area contributed by atoms with Crippen molar-refractivity contribution in [2.24, 2.45) is 11.3 Å². The maximum absolute atomic E-state index is 14.3. The smallest absolute Gasteiger partial charge is 0.115 e. The Bertz CT molecular complexity index is 1310. The molecule has 2 aromatic rings. The third kappa shape index (κ3) is 3.61. The van der Waals surface area contributed by atoms with E-state index in [4.69, 9.17) is 4.74 Å². The first kappa shape index (κ1) is 24.9. The second-order valence-corrected chi connectivity index (χ2v) is 13.1. The van der Waals surface area contributed by atoms with Crippen LogP contribution < -0.4 is 0 Å². The molecule has 1 aromatic heterocycles. The highest BCUT2D eigenvalue weighted by Gasteiger charge is 2.66. The lowest BCUT2D eigenvalue weighted by atomic mass is 9.58. The molecule has 1 N–H and O–H groups in total. The molecule has 0 amide bonds. The zero-order valence-corrected chi connectivity index (χ0v) is 22.8. The lowest BCUT2D eigenvalue weighted by Gasteiger charge is -2.54. The van der Waals surface area contributed by atoms with Gasteiger partial charge in [-0.25, -0.2) is 4.39 Å². The molecule has 38 heavy (non-hydrogen) atoms. The molecule has 5 heteroatoms. The number of hydrogen-bond acceptors (Lipinski definition) is 4. The van der Waals surface area contributed by atoms with E-state index < -0.39 is 6.17 Å². The van der Waals surface area contributed by atoms with Crippen molar-refractivity contribution in [3.63, 3.8) is 0 Å². The molecule has 7 rings (SSSR count). The quantitative estimate of drug-likeness (QED) is 0.400. The summed E-state index contributed by atoms with van der Waals surface area (Å²) < 4.78 is 21.7. The van der Waals surface area contributed by atoms with Crippen LogP contribution in [0.15, 0.2) is 60.0 Å². The molecule has 1 aromatic carbocycles. The molecule has 0 radical (unpaired) electrons. The number of allylic oxidation sites excluding steroid dienone is 1. The Morgan fingerprint density at radius 1 is 1.18 bits per heavy atom. The van der Waals surface area contributed by atoms with Crippen molar-refractivity contribution in [3.8, 4) is 0 Å². The van der Waals surface area contributed by atoms with Gasteiger partial charge in [-0.3, -0.25) is 4.98 Å². The van der Waals surface area contributed by atoms with E-state index in [0.717, 1.165) is 44.9 Å². The van der Waals surface area contributed by atoms with Crippen LogP contribution in [0.2, 0.25) is 0 Å². The van der Waals surface area contributed by atoms with Crippen LogP contribution in [-0.2, 0) is 4.74 Å². The first-order valence-electron chi connectivity index (χ1n) is 14.9. The van der Waals surface area contributed by atoms with E-state index in [9.17, 15) is 9.60 Å². The lowest BCUT2D eigenvalue weighted by Crippen LogP contribution is -2.55. The Labute approximate surface area is 225 Å². The molecule has 7 atom stereocenters. The summed E-state index contributed by atoms with van der Waals surface area (Å²) in [7, 11) is 0. The van der Waals surface area contributed by atoms with E-state index in [-0.39, 0.29) is 29.2 Å². The second-order valence-electron chi connectivity index (χ2n) is 13.1. The monoisotopic (exact) mass is 516 g/mol. The van der Waals surface area contributed by atoms with E-state index >= 15 is 0 Å². The third-order valence-electron chi connectivity index (χ3n) is 11.1. The fourth-order valence-electron chi connectivity index (χ4n) is 9.26. The number of rotatable bonds is 6. The summed E-state index contributed by atoms with van der Waals surface area (Å²) in [6.45, 7) is 4.60. The molecule has 2 spiro atoms. The number of halogens is 1. The summed E-state index contributed by atoms with van der Waals surface area (Å²) >= 11 is 0. The van der Waals surface area contributed by atoms with Crippen molar-refractivity contribution >= 4 is 10.8 Å². The van der Waals surface area contributed by atoms with Gasteiger partial charge in [-0.1, -0.05) is 44.6 Å². The van der Waals surface area contributed by atoms with Gasteiger partial charge in [0.15, 0.2) is 0 Å². The van der Waals surface area contributed by atoms with E-state index in [2.05, 4.69) is 48.3 Å². The zero-order chi connectivity index (χ0) is 26.1. The zero-order valence-electron chi connectivity index (χ0n) is 22.8. The number of hydrogen-bond donors (Lipinski definition) is 1. The molecule has 2 saturated carbocycles. The summed E-state index contributed by atoms with van der Waals surface area (Å²) in [5.74, 6) is 0.981. The largest absolute Gasteiger partial charge is 0.359 e. The SMILES string of the molecule is CCC[C@H](F)CN(O)[C@@H]1CCC2=CC3=CC[C@]4(C)[C@@H](c5ccc6ccncc6c5)CC[C@H]4[C@@]34CCC2(C1)O4. The number of fused-ring (bicyclic) bond motifs is 2.